The molecule has 0 unspecified atom stereocenters. The Bertz CT molecular complexity index is 341. The summed E-state index contributed by atoms with van der Waals surface area (Å²) in [5.74, 6) is -1.07. The topological polar surface area (TPSA) is 0 Å². The molecule has 0 aliphatic heterocycles. The zero-order chi connectivity index (χ0) is 11.6. The Balaban J connectivity index is 3.27. The van der Waals surface area contributed by atoms with Crippen LogP contribution in [0.4, 0.5) is 17.6 Å². The molecule has 84 valence electrons. The summed E-state index contributed by atoms with van der Waals surface area (Å²) >= 11 is 0. The van der Waals surface area contributed by atoms with Crippen molar-refractivity contribution < 1.29 is 17.6 Å². The summed E-state index contributed by atoms with van der Waals surface area (Å²) in [6, 6.07) is 2.84. The van der Waals surface area contributed by atoms with Gasteiger partial charge in [-0.1, -0.05) is 19.9 Å². The van der Waals surface area contributed by atoms with Crippen molar-refractivity contribution in [3.05, 3.63) is 35.1 Å². The molecule has 0 fully saturated rings. The van der Waals surface area contributed by atoms with Crippen molar-refractivity contribution in [3.8, 4) is 0 Å². The maximum Gasteiger partial charge on any atom is 0.416 e. The van der Waals surface area contributed by atoms with Gasteiger partial charge in [0.25, 0.3) is 0 Å². The highest BCUT2D eigenvalue weighted by Gasteiger charge is 2.34. The molecule has 4 heteroatoms. The molecule has 0 amide bonds. The molecule has 1 atom stereocenters. The lowest BCUT2D eigenvalue weighted by molar-refractivity contribution is -0.138. The predicted molar refractivity (Wildman–Crippen MR) is 50.1 cm³/mol. The number of benzene rings is 1. The molecule has 0 aliphatic carbocycles. The van der Waals surface area contributed by atoms with Crippen LogP contribution in [0.25, 0.3) is 0 Å². The molecule has 0 N–H and O–H groups in total. The van der Waals surface area contributed by atoms with Crippen molar-refractivity contribution in [2.24, 2.45) is 0 Å². The second kappa shape index (κ2) is 4.21. The Morgan fingerprint density at radius 2 is 1.87 bits per heavy atom. The van der Waals surface area contributed by atoms with Gasteiger partial charge in [0.2, 0.25) is 0 Å². The number of hydrogen-bond donors (Lipinski definition) is 0. The highest BCUT2D eigenvalue weighted by Crippen LogP contribution is 2.36. The predicted octanol–water partition coefficient (Wildman–Crippen LogP) is 4.36. The van der Waals surface area contributed by atoms with Crippen molar-refractivity contribution in [1.29, 1.82) is 0 Å². The first-order valence-corrected chi connectivity index (χ1v) is 4.73. The summed E-state index contributed by atoms with van der Waals surface area (Å²) in [6.07, 6.45) is -3.89. The van der Waals surface area contributed by atoms with Crippen LogP contribution in [-0.2, 0) is 6.18 Å². The first kappa shape index (κ1) is 12.0. The first-order chi connectivity index (χ1) is 6.86. The molecule has 0 bridgehead atoms. The molecule has 1 aromatic rings. The van der Waals surface area contributed by atoms with E-state index in [0.717, 1.165) is 6.07 Å². The normalized spacial score (nSPS) is 14.0. The number of hydrogen-bond acceptors (Lipinski definition) is 0. The van der Waals surface area contributed by atoms with Gasteiger partial charge in [-0.15, -0.1) is 0 Å². The molecule has 0 saturated carbocycles. The molecule has 15 heavy (non-hydrogen) atoms. The van der Waals surface area contributed by atoms with E-state index in [0.29, 0.717) is 12.5 Å². The molecule has 0 heterocycles. The van der Waals surface area contributed by atoms with Gasteiger partial charge in [0.1, 0.15) is 5.82 Å². The molecule has 0 spiro atoms. The van der Waals surface area contributed by atoms with Crippen LogP contribution in [-0.4, -0.2) is 0 Å². The third-order valence-electron chi connectivity index (χ3n) is 2.46. The van der Waals surface area contributed by atoms with Crippen LogP contribution in [0.3, 0.4) is 0 Å². The quantitative estimate of drug-likeness (QED) is 0.649. The van der Waals surface area contributed by atoms with Crippen molar-refractivity contribution in [2.75, 3.05) is 0 Å². The van der Waals surface area contributed by atoms with E-state index in [1.165, 1.54) is 6.07 Å². The van der Waals surface area contributed by atoms with Crippen LogP contribution in [0.1, 0.15) is 37.3 Å². The molecule has 0 saturated heterocycles. The zero-order valence-electron chi connectivity index (χ0n) is 8.53. The lowest BCUT2D eigenvalue weighted by Gasteiger charge is -2.17. The first-order valence-electron chi connectivity index (χ1n) is 4.73. The van der Waals surface area contributed by atoms with Gasteiger partial charge >= 0.3 is 6.18 Å². The van der Waals surface area contributed by atoms with Crippen LogP contribution >= 0.6 is 0 Å². The molecular formula is C11H12F4. The number of rotatable bonds is 2. The summed E-state index contributed by atoms with van der Waals surface area (Å²) in [5, 5.41) is 0. The minimum atomic E-state index is -4.49. The van der Waals surface area contributed by atoms with Crippen LogP contribution in [0.15, 0.2) is 18.2 Å². The van der Waals surface area contributed by atoms with Crippen molar-refractivity contribution in [2.45, 2.75) is 32.4 Å². The van der Waals surface area contributed by atoms with Crippen molar-refractivity contribution in [3.63, 3.8) is 0 Å². The van der Waals surface area contributed by atoms with Gasteiger partial charge in [0.15, 0.2) is 0 Å². The van der Waals surface area contributed by atoms with E-state index in [2.05, 4.69) is 0 Å². The molecule has 0 nitrogen and oxygen atoms in total. The van der Waals surface area contributed by atoms with Gasteiger partial charge in [0.05, 0.1) is 5.56 Å². The largest absolute Gasteiger partial charge is 0.416 e. The minimum Gasteiger partial charge on any atom is -0.207 e. The molecule has 1 rings (SSSR count). The van der Waals surface area contributed by atoms with E-state index < -0.39 is 17.6 Å². The Labute approximate surface area is 85.9 Å². The van der Waals surface area contributed by atoms with E-state index >= 15 is 0 Å². The van der Waals surface area contributed by atoms with Crippen molar-refractivity contribution >= 4 is 0 Å². The lowest BCUT2D eigenvalue weighted by Crippen LogP contribution is -2.11. The van der Waals surface area contributed by atoms with Gasteiger partial charge in [-0.3, -0.25) is 0 Å². The summed E-state index contributed by atoms with van der Waals surface area (Å²) in [6.45, 7) is 3.50. The van der Waals surface area contributed by atoms with Crippen LogP contribution < -0.4 is 0 Å². The average molecular weight is 220 g/mol. The van der Waals surface area contributed by atoms with Gasteiger partial charge < -0.3 is 0 Å². The smallest absolute Gasteiger partial charge is 0.207 e. The number of alkyl halides is 3. The van der Waals surface area contributed by atoms with Crippen LogP contribution in [0, 0.1) is 5.82 Å². The molecule has 0 aliphatic rings. The fourth-order valence-electron chi connectivity index (χ4n) is 1.42. The fourth-order valence-corrected chi connectivity index (χ4v) is 1.42. The van der Waals surface area contributed by atoms with Gasteiger partial charge in [-0.2, -0.15) is 13.2 Å². The summed E-state index contributed by atoms with van der Waals surface area (Å²) in [7, 11) is 0. The monoisotopic (exact) mass is 220 g/mol. The van der Waals surface area contributed by atoms with E-state index in [4.69, 9.17) is 0 Å². The van der Waals surface area contributed by atoms with Crippen molar-refractivity contribution in [1.82, 2.24) is 0 Å². The van der Waals surface area contributed by atoms with Crippen LogP contribution in [0.5, 0.6) is 0 Å². The van der Waals surface area contributed by atoms with Crippen LogP contribution in [0.2, 0.25) is 0 Å². The molecule has 1 aromatic carbocycles. The lowest BCUT2D eigenvalue weighted by atomic mass is 9.93. The van der Waals surface area contributed by atoms with Gasteiger partial charge in [-0.05, 0) is 30.0 Å². The van der Waals surface area contributed by atoms with E-state index in [1.807, 2.05) is 0 Å². The Morgan fingerprint density at radius 1 is 1.27 bits per heavy atom. The Morgan fingerprint density at radius 3 is 2.33 bits per heavy atom. The highest BCUT2D eigenvalue weighted by molar-refractivity contribution is 5.33. The van der Waals surface area contributed by atoms with E-state index in [1.54, 1.807) is 13.8 Å². The second-order valence-corrected chi connectivity index (χ2v) is 3.54. The third kappa shape index (κ3) is 2.70. The summed E-state index contributed by atoms with van der Waals surface area (Å²) in [4.78, 5) is 0. The second-order valence-electron chi connectivity index (χ2n) is 3.54. The maximum atomic E-state index is 12.7. The number of halogens is 4. The SMILES string of the molecule is CC[C@H](C)c1ccc(F)cc1C(F)(F)F. The third-order valence-corrected chi connectivity index (χ3v) is 2.46. The van der Waals surface area contributed by atoms with Gasteiger partial charge in [0, 0.05) is 0 Å². The molecular weight excluding hydrogens is 208 g/mol. The van der Waals surface area contributed by atoms with E-state index in [-0.39, 0.29) is 11.5 Å². The summed E-state index contributed by atoms with van der Waals surface area (Å²) in [5.41, 5.74) is -0.705. The zero-order valence-corrected chi connectivity index (χ0v) is 8.53. The minimum absolute atomic E-state index is 0.159. The highest BCUT2D eigenvalue weighted by atomic mass is 19.4. The molecule has 0 aromatic heterocycles. The summed E-state index contributed by atoms with van der Waals surface area (Å²) < 4.78 is 50.4. The molecule has 0 radical (unpaired) electrons. The Kier molecular flexibility index (Phi) is 3.37. The fraction of sp³-hybridized carbons (Fsp3) is 0.455. The maximum absolute atomic E-state index is 12.7. The average Bonchev–Trinajstić information content (AvgIpc) is 2.15. The van der Waals surface area contributed by atoms with E-state index in [9.17, 15) is 17.6 Å². The van der Waals surface area contributed by atoms with Gasteiger partial charge in [-0.25, -0.2) is 4.39 Å². The standard InChI is InChI=1S/C11H12F4/c1-3-7(2)9-5-4-8(12)6-10(9)11(13,14)15/h4-7H,3H2,1-2H3/t7-/m0/s1. The Hall–Kier alpha value is -1.06.